The molecule has 70 heavy (non-hydrogen) atoms. The standard InChI is InChI=1S/C64H48N6/c1-5-15-44(16-6-1)58-65-59(45-17-7-2-8-18-45)68-62(67-58)48-31-27-42(28-32-48)52-23-13-25-54-56(52)57-53(24-14-26-55(57)64(54)50-36-40-35-41(38-50)39-51(64)37-40)43-29-33-49(34-30-43)63-69-60(46-19-9-3-10-20-46)66-61(70-63)47-21-11-4-12-22-47/h1-34,40-41,50-51H,35-39H2. The first-order valence-electron chi connectivity index (χ1n) is 24.9. The molecular formula is C64H48N6. The molecule has 0 radical (unpaired) electrons. The van der Waals surface area contributed by atoms with Gasteiger partial charge in [-0.1, -0.05) is 206 Å². The third-order valence-corrected chi connectivity index (χ3v) is 16.0. The maximum atomic E-state index is 5.06. The number of nitrogens with zero attached hydrogens (tertiary/aromatic N) is 6. The molecule has 4 fully saturated rings. The Bertz CT molecular complexity index is 3210. The fourth-order valence-corrected chi connectivity index (χ4v) is 13.2. The van der Waals surface area contributed by atoms with E-state index in [0.717, 1.165) is 45.2 Å². The topological polar surface area (TPSA) is 77.3 Å². The van der Waals surface area contributed by atoms with Gasteiger partial charge in [0, 0.05) is 38.8 Å². The number of rotatable bonds is 8. The zero-order valence-corrected chi connectivity index (χ0v) is 38.7. The molecule has 334 valence electrons. The summed E-state index contributed by atoms with van der Waals surface area (Å²) < 4.78 is 0. The highest BCUT2D eigenvalue weighted by Gasteiger charge is 2.62. The van der Waals surface area contributed by atoms with Crippen molar-refractivity contribution in [2.45, 2.75) is 37.5 Å². The van der Waals surface area contributed by atoms with E-state index in [-0.39, 0.29) is 5.41 Å². The maximum Gasteiger partial charge on any atom is 0.164 e. The van der Waals surface area contributed by atoms with E-state index in [2.05, 4.69) is 133 Å². The van der Waals surface area contributed by atoms with Gasteiger partial charge in [0.25, 0.3) is 0 Å². The molecule has 2 heterocycles. The van der Waals surface area contributed by atoms with E-state index in [1.54, 1.807) is 0 Å². The molecule has 0 amide bonds. The van der Waals surface area contributed by atoms with Crippen molar-refractivity contribution in [3.8, 4) is 102 Å². The normalized spacial score (nSPS) is 19.0. The molecule has 5 aliphatic rings. The molecule has 6 nitrogen and oxygen atoms in total. The van der Waals surface area contributed by atoms with Gasteiger partial charge in [0.1, 0.15) is 0 Å². The Morgan fingerprint density at radius 2 is 0.529 bits per heavy atom. The Morgan fingerprint density at radius 3 is 0.829 bits per heavy atom. The molecule has 4 bridgehead atoms. The summed E-state index contributed by atoms with van der Waals surface area (Å²) in [6.45, 7) is 0. The Balaban J connectivity index is 0.893. The fraction of sp³-hybridized carbons (Fsp3) is 0.156. The second-order valence-corrected chi connectivity index (χ2v) is 19.9. The highest BCUT2D eigenvalue weighted by atomic mass is 15.0. The lowest BCUT2D eigenvalue weighted by Gasteiger charge is -2.61. The van der Waals surface area contributed by atoms with Crippen molar-refractivity contribution < 1.29 is 0 Å². The van der Waals surface area contributed by atoms with E-state index in [4.69, 9.17) is 29.9 Å². The second kappa shape index (κ2) is 16.5. The summed E-state index contributed by atoms with van der Waals surface area (Å²) in [7, 11) is 0. The van der Waals surface area contributed by atoms with Crippen molar-refractivity contribution in [3.05, 3.63) is 217 Å². The van der Waals surface area contributed by atoms with Crippen molar-refractivity contribution in [2.24, 2.45) is 23.7 Å². The van der Waals surface area contributed by atoms with Crippen LogP contribution >= 0.6 is 0 Å². The van der Waals surface area contributed by atoms with Gasteiger partial charge in [-0.05, 0) is 100 Å². The summed E-state index contributed by atoms with van der Waals surface area (Å²) in [5.41, 5.74) is 16.6. The van der Waals surface area contributed by atoms with Crippen LogP contribution in [0.4, 0.5) is 0 Å². The van der Waals surface area contributed by atoms with E-state index < -0.39 is 0 Å². The quantitative estimate of drug-likeness (QED) is 0.151. The SMILES string of the molecule is c1ccc(-c2nc(-c3ccccc3)nc(-c3ccc(-c4cccc5c4-c4c(-c6ccc(-c7nc(-c8ccccc8)nc(-c8ccccc8)n7)cc6)cccc4C54C5CC6CC(C5)CC4C6)cc3)n2)cc1. The minimum atomic E-state index is 0.00308. The molecule has 0 aliphatic heterocycles. The molecule has 8 aromatic carbocycles. The molecule has 5 aliphatic carbocycles. The molecule has 4 saturated carbocycles. The molecule has 0 unspecified atom stereocenters. The first kappa shape index (κ1) is 40.8. The molecule has 15 rings (SSSR count). The van der Waals surface area contributed by atoms with Crippen molar-refractivity contribution in [1.82, 2.24) is 29.9 Å². The summed E-state index contributed by atoms with van der Waals surface area (Å²) in [6, 6.07) is 73.0. The van der Waals surface area contributed by atoms with Crippen molar-refractivity contribution in [3.63, 3.8) is 0 Å². The molecule has 2 aromatic heterocycles. The van der Waals surface area contributed by atoms with E-state index in [1.807, 2.05) is 72.8 Å². The summed E-state index contributed by atoms with van der Waals surface area (Å²) in [5, 5.41) is 0. The molecule has 10 aromatic rings. The molecule has 0 atom stereocenters. The number of hydrogen-bond acceptors (Lipinski definition) is 6. The lowest BCUT2D eigenvalue weighted by molar-refractivity contribution is -0.0399. The van der Waals surface area contributed by atoms with Crippen LogP contribution < -0.4 is 0 Å². The van der Waals surface area contributed by atoms with E-state index in [9.17, 15) is 0 Å². The monoisotopic (exact) mass is 900 g/mol. The maximum absolute atomic E-state index is 5.06. The van der Waals surface area contributed by atoms with Gasteiger partial charge in [0.2, 0.25) is 0 Å². The van der Waals surface area contributed by atoms with Crippen molar-refractivity contribution >= 4 is 0 Å². The zero-order valence-electron chi connectivity index (χ0n) is 38.7. The average Bonchev–Trinajstić information content (AvgIpc) is 3.74. The lowest BCUT2D eigenvalue weighted by Crippen LogP contribution is -2.55. The van der Waals surface area contributed by atoms with Gasteiger partial charge in [-0.25, -0.2) is 29.9 Å². The largest absolute Gasteiger partial charge is 0.208 e. The third-order valence-electron chi connectivity index (χ3n) is 16.0. The van der Waals surface area contributed by atoms with Crippen LogP contribution in [0.1, 0.15) is 43.2 Å². The molecule has 0 saturated heterocycles. The van der Waals surface area contributed by atoms with Gasteiger partial charge < -0.3 is 0 Å². The summed E-state index contributed by atoms with van der Waals surface area (Å²) in [6.07, 6.45) is 6.73. The van der Waals surface area contributed by atoms with Crippen LogP contribution in [0.2, 0.25) is 0 Å². The number of fused-ring (bicyclic) bond motifs is 3. The predicted molar refractivity (Wildman–Crippen MR) is 280 cm³/mol. The summed E-state index contributed by atoms with van der Waals surface area (Å²) in [4.78, 5) is 30.1. The van der Waals surface area contributed by atoms with Gasteiger partial charge in [-0.15, -0.1) is 0 Å². The molecule has 1 spiro atoms. The highest BCUT2D eigenvalue weighted by molar-refractivity contribution is 6.00. The minimum absolute atomic E-state index is 0.00308. The van der Waals surface area contributed by atoms with Gasteiger partial charge >= 0.3 is 0 Å². The van der Waals surface area contributed by atoms with Crippen LogP contribution in [-0.4, -0.2) is 29.9 Å². The summed E-state index contributed by atoms with van der Waals surface area (Å²) >= 11 is 0. The van der Waals surface area contributed by atoms with Crippen LogP contribution in [-0.2, 0) is 5.41 Å². The predicted octanol–water partition coefficient (Wildman–Crippen LogP) is 15.1. The first-order valence-corrected chi connectivity index (χ1v) is 24.9. The number of aromatic nitrogens is 6. The van der Waals surface area contributed by atoms with Gasteiger partial charge in [-0.2, -0.15) is 0 Å². The fourth-order valence-electron chi connectivity index (χ4n) is 13.2. The number of benzene rings is 8. The van der Waals surface area contributed by atoms with Crippen LogP contribution in [0.15, 0.2) is 206 Å². The van der Waals surface area contributed by atoms with E-state index in [0.29, 0.717) is 46.8 Å². The average molecular weight is 901 g/mol. The first-order chi connectivity index (χ1) is 34.6. The van der Waals surface area contributed by atoms with Gasteiger partial charge in [0.05, 0.1) is 0 Å². The van der Waals surface area contributed by atoms with Crippen molar-refractivity contribution in [2.75, 3.05) is 0 Å². The Labute approximate surface area is 408 Å². The Morgan fingerprint density at radius 1 is 0.257 bits per heavy atom. The Kier molecular flexibility index (Phi) is 9.61. The van der Waals surface area contributed by atoms with Crippen LogP contribution in [0.25, 0.3) is 102 Å². The highest BCUT2D eigenvalue weighted by Crippen LogP contribution is 2.70. The molecular weight excluding hydrogens is 853 g/mol. The summed E-state index contributed by atoms with van der Waals surface area (Å²) in [5.74, 6) is 6.95. The zero-order chi connectivity index (χ0) is 46.2. The van der Waals surface area contributed by atoms with Crippen LogP contribution in [0.5, 0.6) is 0 Å². The number of hydrogen-bond donors (Lipinski definition) is 0. The Hall–Kier alpha value is -8.22. The smallest absolute Gasteiger partial charge is 0.164 e. The van der Waals surface area contributed by atoms with Crippen molar-refractivity contribution in [1.29, 1.82) is 0 Å². The van der Waals surface area contributed by atoms with E-state index >= 15 is 0 Å². The third kappa shape index (κ3) is 6.68. The van der Waals surface area contributed by atoms with E-state index in [1.165, 1.54) is 76.6 Å². The van der Waals surface area contributed by atoms with Crippen LogP contribution in [0.3, 0.4) is 0 Å². The van der Waals surface area contributed by atoms with Crippen LogP contribution in [0, 0.1) is 23.7 Å². The minimum Gasteiger partial charge on any atom is -0.208 e. The lowest BCUT2D eigenvalue weighted by atomic mass is 9.43. The molecule has 0 N–H and O–H groups in total. The van der Waals surface area contributed by atoms with Gasteiger partial charge in [-0.3, -0.25) is 0 Å². The second-order valence-electron chi connectivity index (χ2n) is 19.9. The van der Waals surface area contributed by atoms with Gasteiger partial charge in [0.15, 0.2) is 34.9 Å². The molecule has 6 heteroatoms.